The monoisotopic (exact) mass is 422 g/mol. The third kappa shape index (κ3) is 3.85. The van der Waals surface area contributed by atoms with Crippen LogP contribution in [0.25, 0.3) is 11.4 Å². The van der Waals surface area contributed by atoms with Gasteiger partial charge < -0.3 is 10.1 Å². The SMILES string of the molecule is O=C1O[C@]2(CC[C@H](CNc3nc(-c4ccccn4)cs3)CC2)CN1c1cncnc1. The number of nitrogens with zero attached hydrogens (tertiary/aromatic N) is 5. The Balaban J connectivity index is 1.15. The first kappa shape index (κ1) is 18.9. The molecule has 1 saturated heterocycles. The summed E-state index contributed by atoms with van der Waals surface area (Å²) in [5.41, 5.74) is 2.08. The van der Waals surface area contributed by atoms with Crippen LogP contribution in [0.5, 0.6) is 0 Å². The summed E-state index contributed by atoms with van der Waals surface area (Å²) in [6, 6.07) is 5.83. The van der Waals surface area contributed by atoms with Crippen LogP contribution in [-0.4, -0.2) is 44.7 Å². The summed E-state index contributed by atoms with van der Waals surface area (Å²) in [6.45, 7) is 1.44. The van der Waals surface area contributed by atoms with E-state index in [2.05, 4.69) is 25.3 Å². The summed E-state index contributed by atoms with van der Waals surface area (Å²) >= 11 is 1.60. The molecule has 1 aliphatic heterocycles. The average molecular weight is 423 g/mol. The number of amides is 1. The highest BCUT2D eigenvalue weighted by molar-refractivity contribution is 7.14. The molecule has 1 N–H and O–H groups in total. The molecule has 0 atom stereocenters. The van der Waals surface area contributed by atoms with Gasteiger partial charge in [0.05, 0.1) is 30.3 Å². The van der Waals surface area contributed by atoms with Gasteiger partial charge in [0.25, 0.3) is 0 Å². The second-order valence-electron chi connectivity index (χ2n) is 7.81. The first-order valence-corrected chi connectivity index (χ1v) is 11.0. The van der Waals surface area contributed by atoms with Crippen molar-refractivity contribution in [3.8, 4) is 11.4 Å². The molecule has 8 nitrogen and oxygen atoms in total. The van der Waals surface area contributed by atoms with Gasteiger partial charge in [-0.3, -0.25) is 9.88 Å². The highest BCUT2D eigenvalue weighted by Gasteiger charge is 2.47. The number of hydrogen-bond acceptors (Lipinski definition) is 8. The van der Waals surface area contributed by atoms with Crippen molar-refractivity contribution < 1.29 is 9.53 Å². The minimum absolute atomic E-state index is 0.300. The topological polar surface area (TPSA) is 93.1 Å². The second-order valence-corrected chi connectivity index (χ2v) is 8.67. The fourth-order valence-corrected chi connectivity index (χ4v) is 4.85. The van der Waals surface area contributed by atoms with E-state index < -0.39 is 5.60 Å². The molecule has 0 unspecified atom stereocenters. The molecule has 1 amide bonds. The molecule has 5 rings (SSSR count). The zero-order chi connectivity index (χ0) is 20.4. The van der Waals surface area contributed by atoms with Gasteiger partial charge in [0.1, 0.15) is 17.6 Å². The molecule has 0 radical (unpaired) electrons. The lowest BCUT2D eigenvalue weighted by Crippen LogP contribution is -2.39. The van der Waals surface area contributed by atoms with Gasteiger partial charge in [-0.2, -0.15) is 0 Å². The van der Waals surface area contributed by atoms with Gasteiger partial charge in [-0.25, -0.2) is 19.7 Å². The zero-order valence-corrected chi connectivity index (χ0v) is 17.2. The van der Waals surface area contributed by atoms with Crippen molar-refractivity contribution in [2.45, 2.75) is 31.3 Å². The molecule has 0 bridgehead atoms. The third-order valence-corrected chi connectivity index (χ3v) is 6.62. The molecular formula is C21H22N6O2S. The molecule has 1 saturated carbocycles. The average Bonchev–Trinajstić information content (AvgIpc) is 3.39. The van der Waals surface area contributed by atoms with Gasteiger partial charge in [-0.05, 0) is 43.7 Å². The Kier molecular flexibility index (Phi) is 5.04. The Morgan fingerprint density at radius 2 is 2.03 bits per heavy atom. The van der Waals surface area contributed by atoms with Gasteiger partial charge in [-0.15, -0.1) is 11.3 Å². The van der Waals surface area contributed by atoms with E-state index in [4.69, 9.17) is 4.74 Å². The molecule has 30 heavy (non-hydrogen) atoms. The maximum atomic E-state index is 12.4. The van der Waals surface area contributed by atoms with E-state index >= 15 is 0 Å². The third-order valence-electron chi connectivity index (χ3n) is 5.82. The van der Waals surface area contributed by atoms with Crippen LogP contribution in [0.1, 0.15) is 25.7 Å². The molecule has 154 valence electrons. The fourth-order valence-electron chi connectivity index (χ4n) is 4.14. The number of aromatic nitrogens is 4. The van der Waals surface area contributed by atoms with Crippen LogP contribution in [0.4, 0.5) is 15.6 Å². The van der Waals surface area contributed by atoms with Crippen molar-refractivity contribution in [2.75, 3.05) is 23.3 Å². The predicted octanol–water partition coefficient (Wildman–Crippen LogP) is 3.99. The summed E-state index contributed by atoms with van der Waals surface area (Å²) in [5.74, 6) is 0.533. The Bertz CT molecular complexity index is 1000. The van der Waals surface area contributed by atoms with Crippen LogP contribution in [0.15, 0.2) is 48.5 Å². The van der Waals surface area contributed by atoms with E-state index in [-0.39, 0.29) is 6.09 Å². The Morgan fingerprint density at radius 3 is 2.80 bits per heavy atom. The quantitative estimate of drug-likeness (QED) is 0.664. The van der Waals surface area contributed by atoms with E-state index in [0.717, 1.165) is 48.7 Å². The van der Waals surface area contributed by atoms with Gasteiger partial charge in [0.2, 0.25) is 0 Å². The molecule has 4 heterocycles. The van der Waals surface area contributed by atoms with Crippen molar-refractivity contribution in [3.63, 3.8) is 0 Å². The van der Waals surface area contributed by atoms with E-state index in [1.165, 1.54) is 6.33 Å². The van der Waals surface area contributed by atoms with Crippen LogP contribution in [-0.2, 0) is 4.74 Å². The Labute approximate surface area is 178 Å². The number of carbonyl (C=O) groups is 1. The molecule has 9 heteroatoms. The second kappa shape index (κ2) is 7.98. The molecule has 1 aliphatic carbocycles. The van der Waals surface area contributed by atoms with Crippen molar-refractivity contribution in [2.24, 2.45) is 5.92 Å². The maximum Gasteiger partial charge on any atom is 0.415 e. The van der Waals surface area contributed by atoms with Crippen LogP contribution in [0, 0.1) is 5.92 Å². The van der Waals surface area contributed by atoms with Crippen molar-refractivity contribution in [3.05, 3.63) is 48.5 Å². The van der Waals surface area contributed by atoms with E-state index in [9.17, 15) is 4.79 Å². The first-order chi connectivity index (χ1) is 14.7. The van der Waals surface area contributed by atoms with Crippen LogP contribution in [0.2, 0.25) is 0 Å². The highest BCUT2D eigenvalue weighted by Crippen LogP contribution is 2.40. The molecule has 2 aliphatic rings. The smallest absolute Gasteiger partial charge is 0.415 e. The largest absolute Gasteiger partial charge is 0.441 e. The molecule has 1 spiro atoms. The fraction of sp³-hybridized carbons (Fsp3) is 0.381. The number of rotatable bonds is 5. The van der Waals surface area contributed by atoms with Crippen molar-refractivity contribution >= 4 is 28.2 Å². The number of anilines is 2. The van der Waals surface area contributed by atoms with Crippen molar-refractivity contribution in [1.82, 2.24) is 19.9 Å². The molecule has 0 aromatic carbocycles. The highest BCUT2D eigenvalue weighted by atomic mass is 32.1. The summed E-state index contributed by atoms with van der Waals surface area (Å²) in [4.78, 5) is 31.0. The van der Waals surface area contributed by atoms with Gasteiger partial charge >= 0.3 is 6.09 Å². The normalized spacial score (nSPS) is 23.5. The lowest BCUT2D eigenvalue weighted by Gasteiger charge is -2.35. The van der Waals surface area contributed by atoms with Gasteiger partial charge in [0, 0.05) is 18.1 Å². The van der Waals surface area contributed by atoms with Crippen LogP contribution in [0.3, 0.4) is 0 Å². The molecule has 3 aromatic rings. The maximum absolute atomic E-state index is 12.4. The number of nitrogens with one attached hydrogen (secondary N) is 1. The molecule has 3 aromatic heterocycles. The lowest BCUT2D eigenvalue weighted by molar-refractivity contribution is 0.0148. The zero-order valence-electron chi connectivity index (χ0n) is 16.4. The van der Waals surface area contributed by atoms with E-state index in [0.29, 0.717) is 18.2 Å². The molecular weight excluding hydrogens is 400 g/mol. The molecule has 2 fully saturated rings. The Hall–Kier alpha value is -3.07. The standard InChI is InChI=1S/C21H22N6O2S/c28-20-27(16-10-22-14-23-11-16)13-21(29-20)6-4-15(5-7-21)9-25-19-26-18(12-30-19)17-3-1-2-8-24-17/h1-3,8,10-12,14-15H,4-7,9,13H2,(H,25,26)/t15-,21-. The first-order valence-electron chi connectivity index (χ1n) is 10.1. The Morgan fingerprint density at radius 1 is 1.20 bits per heavy atom. The lowest BCUT2D eigenvalue weighted by atomic mass is 9.78. The minimum atomic E-state index is -0.392. The number of pyridine rings is 1. The summed E-state index contributed by atoms with van der Waals surface area (Å²) in [5, 5.41) is 6.42. The summed E-state index contributed by atoms with van der Waals surface area (Å²) in [6.07, 6.45) is 9.99. The van der Waals surface area contributed by atoms with E-state index in [1.54, 1.807) is 34.8 Å². The van der Waals surface area contributed by atoms with E-state index in [1.807, 2.05) is 23.6 Å². The van der Waals surface area contributed by atoms with Crippen LogP contribution < -0.4 is 10.2 Å². The number of hydrogen-bond donors (Lipinski definition) is 1. The predicted molar refractivity (Wildman–Crippen MR) is 114 cm³/mol. The van der Waals surface area contributed by atoms with Gasteiger partial charge in [0.15, 0.2) is 5.13 Å². The number of carbonyl (C=O) groups excluding carboxylic acids is 1. The summed E-state index contributed by atoms with van der Waals surface area (Å²) in [7, 11) is 0. The minimum Gasteiger partial charge on any atom is -0.441 e. The summed E-state index contributed by atoms with van der Waals surface area (Å²) < 4.78 is 5.81. The van der Waals surface area contributed by atoms with Crippen LogP contribution >= 0.6 is 11.3 Å². The van der Waals surface area contributed by atoms with Crippen molar-refractivity contribution in [1.29, 1.82) is 0 Å². The number of thiazole rings is 1. The van der Waals surface area contributed by atoms with Gasteiger partial charge in [-0.1, -0.05) is 6.07 Å². The number of ether oxygens (including phenoxy) is 1.